The van der Waals surface area contributed by atoms with Crippen LogP contribution in [0.1, 0.15) is 24.1 Å². The van der Waals surface area contributed by atoms with Crippen LogP contribution in [0, 0.1) is 12.8 Å². The van der Waals surface area contributed by atoms with Crippen molar-refractivity contribution in [2.75, 3.05) is 18.4 Å². The molecule has 1 aromatic heterocycles. The quantitative estimate of drug-likeness (QED) is 0.752. The summed E-state index contributed by atoms with van der Waals surface area (Å²) in [5.74, 6) is 0.268. The minimum atomic E-state index is -3.46. The number of aromatic nitrogens is 2. The Balaban J connectivity index is 1.38. The second-order valence-corrected chi connectivity index (χ2v) is 9.29. The molecule has 0 spiro atoms. The van der Waals surface area contributed by atoms with E-state index in [1.54, 1.807) is 12.1 Å². The number of nitrogens with zero attached hydrogens (tertiary/aromatic N) is 3. The van der Waals surface area contributed by atoms with Crippen molar-refractivity contribution in [3.05, 3.63) is 54.4 Å². The minimum Gasteiger partial charge on any atom is -0.368 e. The van der Waals surface area contributed by atoms with Crippen LogP contribution < -0.4 is 10.0 Å². The largest absolute Gasteiger partial charge is 0.368 e. The molecule has 150 valence electrons. The van der Waals surface area contributed by atoms with Crippen LogP contribution >= 0.6 is 0 Å². The van der Waals surface area contributed by atoms with Gasteiger partial charge in [0.1, 0.15) is 4.90 Å². The van der Waals surface area contributed by atoms with Gasteiger partial charge >= 0.3 is 0 Å². The van der Waals surface area contributed by atoms with Crippen molar-refractivity contribution in [2.24, 2.45) is 5.92 Å². The zero-order valence-corrected chi connectivity index (χ0v) is 17.0. The maximum Gasteiger partial charge on any atom is 0.244 e. The molecule has 0 aliphatic carbocycles. The molecule has 1 fully saturated rings. The lowest BCUT2D eigenvalue weighted by molar-refractivity contribution is 0.163. The number of nitrogens with one attached hydrogen (secondary N) is 2. The predicted octanol–water partition coefficient (Wildman–Crippen LogP) is 2.32. The number of sulfonamides is 1. The fraction of sp³-hybridized carbons (Fsp3) is 0.450. The molecule has 4 rings (SSSR count). The fourth-order valence-corrected chi connectivity index (χ4v) is 5.47. The number of benzene rings is 1. The van der Waals surface area contributed by atoms with Gasteiger partial charge in [-0.1, -0.05) is 18.2 Å². The van der Waals surface area contributed by atoms with Gasteiger partial charge in [0.05, 0.1) is 24.1 Å². The van der Waals surface area contributed by atoms with E-state index in [9.17, 15) is 8.42 Å². The first-order valence-corrected chi connectivity index (χ1v) is 11.2. The molecule has 3 heterocycles. The van der Waals surface area contributed by atoms with Crippen LogP contribution in [0.2, 0.25) is 0 Å². The van der Waals surface area contributed by atoms with Crippen molar-refractivity contribution in [3.8, 4) is 0 Å². The van der Waals surface area contributed by atoms with E-state index >= 15 is 0 Å². The summed E-state index contributed by atoms with van der Waals surface area (Å²) in [6.45, 7) is 9.29. The van der Waals surface area contributed by atoms with Gasteiger partial charge in [0, 0.05) is 18.3 Å². The van der Waals surface area contributed by atoms with Crippen molar-refractivity contribution in [3.63, 3.8) is 0 Å². The van der Waals surface area contributed by atoms with E-state index < -0.39 is 10.0 Å². The first kappa shape index (κ1) is 19.2. The van der Waals surface area contributed by atoms with Crippen molar-refractivity contribution in [1.82, 2.24) is 19.4 Å². The van der Waals surface area contributed by atoms with Gasteiger partial charge in [0.15, 0.2) is 0 Å². The maximum absolute atomic E-state index is 12.5. The van der Waals surface area contributed by atoms with Gasteiger partial charge in [-0.05, 0) is 50.9 Å². The summed E-state index contributed by atoms with van der Waals surface area (Å²) >= 11 is 0. The van der Waals surface area contributed by atoms with Crippen LogP contribution in [-0.2, 0) is 23.1 Å². The summed E-state index contributed by atoms with van der Waals surface area (Å²) in [4.78, 5) is 2.75. The van der Waals surface area contributed by atoms with Crippen molar-refractivity contribution in [2.45, 2.75) is 43.9 Å². The number of likely N-dealkylation sites (tertiary alicyclic amines) is 1. The van der Waals surface area contributed by atoms with Gasteiger partial charge in [0.2, 0.25) is 10.0 Å². The number of rotatable bonds is 5. The van der Waals surface area contributed by atoms with Crippen molar-refractivity contribution < 1.29 is 8.42 Å². The lowest BCUT2D eigenvalue weighted by Crippen LogP contribution is -2.51. The molecule has 1 unspecified atom stereocenters. The average Bonchev–Trinajstić information content (AvgIpc) is 3.01. The van der Waals surface area contributed by atoms with E-state index in [1.165, 1.54) is 5.56 Å². The molecule has 1 aromatic carbocycles. The SMILES string of the molecule is C=CCn1cc(CN2CCC(C3Nc4ccccc4S(=O)(=O)N3)CC2)c(C)n1. The zero-order valence-electron chi connectivity index (χ0n) is 16.1. The van der Waals surface area contributed by atoms with Crippen LogP contribution in [-0.4, -0.2) is 42.4 Å². The van der Waals surface area contributed by atoms with Gasteiger partial charge in [-0.25, -0.2) is 8.42 Å². The van der Waals surface area contributed by atoms with E-state index in [4.69, 9.17) is 0 Å². The van der Waals surface area contributed by atoms with Gasteiger partial charge in [0.25, 0.3) is 0 Å². The van der Waals surface area contributed by atoms with Crippen molar-refractivity contribution >= 4 is 15.7 Å². The van der Waals surface area contributed by atoms with Crippen LogP contribution in [0.5, 0.6) is 0 Å². The zero-order chi connectivity index (χ0) is 19.7. The molecule has 0 saturated carbocycles. The summed E-state index contributed by atoms with van der Waals surface area (Å²) in [5, 5.41) is 7.91. The Kier molecular flexibility index (Phi) is 5.27. The Labute approximate surface area is 166 Å². The number of piperidine rings is 1. The molecule has 2 aromatic rings. The molecule has 2 N–H and O–H groups in total. The monoisotopic (exact) mass is 401 g/mol. The summed E-state index contributed by atoms with van der Waals surface area (Å²) in [6, 6.07) is 7.08. The normalized spacial score (nSPS) is 22.4. The molecular formula is C20H27N5O2S. The Morgan fingerprint density at radius 2 is 2.04 bits per heavy atom. The summed E-state index contributed by atoms with van der Waals surface area (Å²) in [5.41, 5.74) is 2.99. The van der Waals surface area contributed by atoms with Crippen LogP contribution in [0.25, 0.3) is 0 Å². The Bertz CT molecular complexity index is 961. The Morgan fingerprint density at radius 1 is 1.29 bits per heavy atom. The second-order valence-electron chi connectivity index (χ2n) is 7.60. The highest BCUT2D eigenvalue weighted by Gasteiger charge is 2.35. The molecule has 0 bridgehead atoms. The number of hydrogen-bond acceptors (Lipinski definition) is 5. The third-order valence-corrected chi connectivity index (χ3v) is 7.13. The number of hydrogen-bond donors (Lipinski definition) is 2. The van der Waals surface area contributed by atoms with Crippen molar-refractivity contribution in [1.29, 1.82) is 0 Å². The number of fused-ring (bicyclic) bond motifs is 1. The van der Waals surface area contributed by atoms with Gasteiger partial charge in [-0.2, -0.15) is 9.82 Å². The predicted molar refractivity (Wildman–Crippen MR) is 109 cm³/mol. The molecule has 2 aliphatic heterocycles. The first-order chi connectivity index (χ1) is 13.5. The maximum atomic E-state index is 12.5. The molecular weight excluding hydrogens is 374 g/mol. The smallest absolute Gasteiger partial charge is 0.244 e. The van der Waals surface area contributed by atoms with Gasteiger partial charge in [-0.3, -0.25) is 9.58 Å². The molecule has 0 amide bonds. The molecule has 2 aliphatic rings. The van der Waals surface area contributed by atoms with Gasteiger partial charge < -0.3 is 5.32 Å². The van der Waals surface area contributed by atoms with Crippen LogP contribution in [0.15, 0.2) is 48.0 Å². The number of para-hydroxylation sites is 1. The minimum absolute atomic E-state index is 0.251. The van der Waals surface area contributed by atoms with Crippen LogP contribution in [0.3, 0.4) is 0 Å². The molecule has 28 heavy (non-hydrogen) atoms. The number of aryl methyl sites for hydroxylation is 1. The number of anilines is 1. The molecule has 0 radical (unpaired) electrons. The molecule has 1 saturated heterocycles. The summed E-state index contributed by atoms with van der Waals surface area (Å²) in [6.07, 6.45) is 5.58. The van der Waals surface area contributed by atoms with E-state index in [0.717, 1.165) is 44.7 Å². The molecule has 8 heteroatoms. The topological polar surface area (TPSA) is 79.3 Å². The third kappa shape index (κ3) is 3.85. The molecule has 1 atom stereocenters. The highest BCUT2D eigenvalue weighted by atomic mass is 32.2. The highest BCUT2D eigenvalue weighted by molar-refractivity contribution is 7.89. The van der Waals surface area contributed by atoms with E-state index in [2.05, 4.69) is 32.8 Å². The third-order valence-electron chi connectivity index (χ3n) is 5.63. The van der Waals surface area contributed by atoms with E-state index in [-0.39, 0.29) is 12.1 Å². The standard InChI is InChI=1S/C20H27N5O2S/c1-3-10-25-14-17(15(2)22-25)13-24-11-8-16(9-12-24)20-21-18-6-4-5-7-19(18)28(26,27)23-20/h3-7,14,16,20-21,23H,1,8-13H2,2H3. The average molecular weight is 402 g/mol. The fourth-order valence-electron chi connectivity index (χ4n) is 4.09. The van der Waals surface area contributed by atoms with E-state index in [0.29, 0.717) is 10.6 Å². The lowest BCUT2D eigenvalue weighted by Gasteiger charge is -2.38. The second kappa shape index (κ2) is 7.69. The summed E-state index contributed by atoms with van der Waals surface area (Å²) < 4.78 is 29.8. The van der Waals surface area contributed by atoms with Gasteiger partial charge in [-0.15, -0.1) is 6.58 Å². The first-order valence-electron chi connectivity index (χ1n) is 9.70. The number of allylic oxidation sites excluding steroid dienone is 1. The Morgan fingerprint density at radius 3 is 2.79 bits per heavy atom. The van der Waals surface area contributed by atoms with Crippen LogP contribution in [0.4, 0.5) is 5.69 Å². The molecule has 7 nitrogen and oxygen atoms in total. The Hall–Kier alpha value is -2.16. The van der Waals surface area contributed by atoms with E-state index in [1.807, 2.05) is 29.8 Å². The summed E-state index contributed by atoms with van der Waals surface area (Å²) in [7, 11) is -3.46. The highest BCUT2D eigenvalue weighted by Crippen LogP contribution is 2.31. The lowest BCUT2D eigenvalue weighted by atomic mass is 9.93.